The third-order valence-electron chi connectivity index (χ3n) is 3.67. The summed E-state index contributed by atoms with van der Waals surface area (Å²) in [4.78, 5) is 2.16. The van der Waals surface area contributed by atoms with E-state index in [0.29, 0.717) is 0 Å². The zero-order valence-corrected chi connectivity index (χ0v) is 10.9. The van der Waals surface area contributed by atoms with Gasteiger partial charge >= 0.3 is 0 Å². The fraction of sp³-hybridized carbons (Fsp3) is 0.600. The van der Waals surface area contributed by atoms with Crippen LogP contribution in [0.25, 0.3) is 0 Å². The van der Waals surface area contributed by atoms with Crippen LogP contribution in [-0.4, -0.2) is 24.1 Å². The summed E-state index contributed by atoms with van der Waals surface area (Å²) in [6.45, 7) is 0.957. The van der Waals surface area contributed by atoms with Gasteiger partial charge in [0, 0.05) is 6.54 Å². The van der Waals surface area contributed by atoms with E-state index in [9.17, 15) is 5.11 Å². The second kappa shape index (κ2) is 5.19. The van der Waals surface area contributed by atoms with Gasteiger partial charge in [0.15, 0.2) is 0 Å². The molecule has 0 aliphatic heterocycles. The molecule has 0 spiro atoms. The van der Waals surface area contributed by atoms with E-state index in [2.05, 4.69) is 43.3 Å². The molecule has 1 aliphatic carbocycles. The molecule has 1 fully saturated rings. The van der Waals surface area contributed by atoms with Crippen molar-refractivity contribution in [3.8, 4) is 0 Å². The molecule has 1 saturated carbocycles. The van der Waals surface area contributed by atoms with Crippen molar-refractivity contribution in [2.24, 2.45) is 0 Å². The van der Waals surface area contributed by atoms with Crippen LogP contribution >= 0.6 is 0 Å². The average Bonchev–Trinajstić information content (AvgIpc) is 2.30. The summed E-state index contributed by atoms with van der Waals surface area (Å²) in [5, 5.41) is 10.6. The van der Waals surface area contributed by atoms with Gasteiger partial charge in [-0.1, -0.05) is 43.5 Å². The molecule has 1 N–H and O–H groups in total. The summed E-state index contributed by atoms with van der Waals surface area (Å²) >= 11 is 0. The summed E-state index contributed by atoms with van der Waals surface area (Å²) in [5.74, 6) is 0. The molecular weight excluding hydrogens is 210 g/mol. The first-order valence-electron chi connectivity index (χ1n) is 6.57. The van der Waals surface area contributed by atoms with Gasteiger partial charge in [-0.15, -0.1) is 0 Å². The van der Waals surface area contributed by atoms with E-state index in [1.54, 1.807) is 0 Å². The Morgan fingerprint density at radius 1 is 1.06 bits per heavy atom. The SMILES string of the molecule is CN(C)Cc1ccc(C2(O)CCCCC2)cc1. The molecule has 0 radical (unpaired) electrons. The lowest BCUT2D eigenvalue weighted by Gasteiger charge is -2.32. The standard InChI is InChI=1S/C15H23NO/c1-16(2)12-13-6-8-14(9-7-13)15(17)10-4-3-5-11-15/h6-9,17H,3-5,10-12H2,1-2H3. The Morgan fingerprint density at radius 3 is 2.18 bits per heavy atom. The number of rotatable bonds is 3. The molecule has 94 valence electrons. The molecule has 0 bridgehead atoms. The normalized spacial score (nSPS) is 19.5. The maximum atomic E-state index is 10.6. The number of nitrogens with zero attached hydrogens (tertiary/aromatic N) is 1. The molecule has 2 rings (SSSR count). The molecule has 0 saturated heterocycles. The van der Waals surface area contributed by atoms with Gasteiger partial charge in [0.25, 0.3) is 0 Å². The van der Waals surface area contributed by atoms with Gasteiger partial charge in [-0.05, 0) is 38.1 Å². The van der Waals surface area contributed by atoms with Gasteiger partial charge < -0.3 is 10.0 Å². The molecule has 0 atom stereocenters. The van der Waals surface area contributed by atoms with Crippen molar-refractivity contribution < 1.29 is 5.11 Å². The van der Waals surface area contributed by atoms with Crippen molar-refractivity contribution in [1.82, 2.24) is 4.90 Å². The first-order valence-corrected chi connectivity index (χ1v) is 6.57. The van der Waals surface area contributed by atoms with Crippen molar-refractivity contribution in [2.75, 3.05) is 14.1 Å². The molecule has 1 aromatic rings. The minimum Gasteiger partial charge on any atom is -0.385 e. The molecule has 0 unspecified atom stereocenters. The predicted molar refractivity (Wildman–Crippen MR) is 70.8 cm³/mol. The Kier molecular flexibility index (Phi) is 3.85. The van der Waals surface area contributed by atoms with Crippen molar-refractivity contribution in [3.63, 3.8) is 0 Å². The third kappa shape index (κ3) is 3.08. The summed E-state index contributed by atoms with van der Waals surface area (Å²) in [6, 6.07) is 8.48. The Bertz CT molecular complexity index is 350. The van der Waals surface area contributed by atoms with Crippen LogP contribution in [0, 0.1) is 0 Å². The summed E-state index contributed by atoms with van der Waals surface area (Å²) in [6.07, 6.45) is 5.40. The van der Waals surface area contributed by atoms with Crippen LogP contribution in [0.4, 0.5) is 0 Å². The molecule has 1 aliphatic rings. The minimum atomic E-state index is -0.561. The smallest absolute Gasteiger partial charge is 0.0896 e. The summed E-state index contributed by atoms with van der Waals surface area (Å²) < 4.78 is 0. The van der Waals surface area contributed by atoms with E-state index in [0.717, 1.165) is 37.8 Å². The zero-order valence-electron chi connectivity index (χ0n) is 10.9. The average molecular weight is 233 g/mol. The number of aliphatic hydroxyl groups is 1. The van der Waals surface area contributed by atoms with E-state index < -0.39 is 5.60 Å². The fourth-order valence-electron chi connectivity index (χ4n) is 2.71. The quantitative estimate of drug-likeness (QED) is 0.867. The van der Waals surface area contributed by atoms with Crippen LogP contribution < -0.4 is 0 Å². The number of benzene rings is 1. The lowest BCUT2D eigenvalue weighted by molar-refractivity contribution is -0.000641. The molecule has 2 nitrogen and oxygen atoms in total. The van der Waals surface area contributed by atoms with Crippen LogP contribution in [0.5, 0.6) is 0 Å². The van der Waals surface area contributed by atoms with Crippen LogP contribution in [0.15, 0.2) is 24.3 Å². The molecule has 0 heterocycles. The van der Waals surface area contributed by atoms with Gasteiger partial charge in [0.2, 0.25) is 0 Å². The third-order valence-corrected chi connectivity index (χ3v) is 3.67. The van der Waals surface area contributed by atoms with E-state index in [1.165, 1.54) is 12.0 Å². The molecule has 0 aromatic heterocycles. The van der Waals surface area contributed by atoms with Gasteiger partial charge in [0.05, 0.1) is 5.60 Å². The van der Waals surface area contributed by atoms with Crippen molar-refractivity contribution in [3.05, 3.63) is 35.4 Å². The van der Waals surface area contributed by atoms with E-state index >= 15 is 0 Å². The van der Waals surface area contributed by atoms with Gasteiger partial charge in [-0.2, -0.15) is 0 Å². The molecule has 17 heavy (non-hydrogen) atoms. The maximum Gasteiger partial charge on any atom is 0.0896 e. The summed E-state index contributed by atoms with van der Waals surface area (Å²) in [7, 11) is 4.14. The predicted octanol–water partition coefficient (Wildman–Crippen LogP) is 2.90. The molecule has 2 heteroatoms. The Morgan fingerprint density at radius 2 is 1.65 bits per heavy atom. The van der Waals surface area contributed by atoms with Gasteiger partial charge in [0.1, 0.15) is 0 Å². The van der Waals surface area contributed by atoms with Crippen molar-refractivity contribution >= 4 is 0 Å². The van der Waals surface area contributed by atoms with E-state index in [4.69, 9.17) is 0 Å². The van der Waals surface area contributed by atoms with E-state index in [-0.39, 0.29) is 0 Å². The zero-order chi connectivity index (χ0) is 12.3. The first kappa shape index (κ1) is 12.6. The summed E-state index contributed by atoms with van der Waals surface area (Å²) in [5.41, 5.74) is 1.84. The largest absolute Gasteiger partial charge is 0.385 e. The van der Waals surface area contributed by atoms with Crippen LogP contribution in [0.3, 0.4) is 0 Å². The first-order chi connectivity index (χ1) is 8.10. The lowest BCUT2D eigenvalue weighted by Crippen LogP contribution is -2.28. The lowest BCUT2D eigenvalue weighted by atomic mass is 9.79. The number of hydrogen-bond acceptors (Lipinski definition) is 2. The van der Waals surface area contributed by atoms with Crippen molar-refractivity contribution in [2.45, 2.75) is 44.2 Å². The highest BCUT2D eigenvalue weighted by molar-refractivity contribution is 5.27. The molecular formula is C15H23NO. The maximum absolute atomic E-state index is 10.6. The van der Waals surface area contributed by atoms with Gasteiger partial charge in [-0.3, -0.25) is 0 Å². The van der Waals surface area contributed by atoms with E-state index in [1.807, 2.05) is 0 Å². The highest BCUT2D eigenvalue weighted by atomic mass is 16.3. The Balaban J connectivity index is 2.11. The fourth-order valence-corrected chi connectivity index (χ4v) is 2.71. The second-order valence-electron chi connectivity index (χ2n) is 5.53. The van der Waals surface area contributed by atoms with Crippen LogP contribution in [0.1, 0.15) is 43.2 Å². The van der Waals surface area contributed by atoms with Gasteiger partial charge in [-0.25, -0.2) is 0 Å². The second-order valence-corrected chi connectivity index (χ2v) is 5.53. The Hall–Kier alpha value is -0.860. The monoisotopic (exact) mass is 233 g/mol. The van der Waals surface area contributed by atoms with Crippen LogP contribution in [0.2, 0.25) is 0 Å². The number of hydrogen-bond donors (Lipinski definition) is 1. The van der Waals surface area contributed by atoms with Crippen LogP contribution in [-0.2, 0) is 12.1 Å². The topological polar surface area (TPSA) is 23.5 Å². The highest BCUT2D eigenvalue weighted by Crippen LogP contribution is 2.36. The Labute approximate surface area is 104 Å². The van der Waals surface area contributed by atoms with Crippen molar-refractivity contribution in [1.29, 1.82) is 0 Å². The molecule has 0 amide bonds. The highest BCUT2D eigenvalue weighted by Gasteiger charge is 2.30. The minimum absolute atomic E-state index is 0.561. The molecule has 1 aromatic carbocycles.